The highest BCUT2D eigenvalue weighted by Crippen LogP contribution is 2.26. The largest absolute Gasteiger partial charge is 0.379 e. The van der Waals surface area contributed by atoms with Crippen LogP contribution in [-0.4, -0.2) is 43.4 Å². The molecule has 23 heavy (non-hydrogen) atoms. The van der Waals surface area contributed by atoms with Gasteiger partial charge in [0, 0.05) is 19.1 Å². The van der Waals surface area contributed by atoms with Crippen molar-refractivity contribution in [2.24, 2.45) is 0 Å². The van der Waals surface area contributed by atoms with Gasteiger partial charge in [0.2, 0.25) is 5.91 Å². The van der Waals surface area contributed by atoms with Gasteiger partial charge in [-0.3, -0.25) is 4.79 Å². The molecule has 1 aromatic carbocycles. The summed E-state index contributed by atoms with van der Waals surface area (Å²) >= 11 is 1.67. The molecule has 0 saturated carbocycles. The van der Waals surface area contributed by atoms with Crippen LogP contribution in [0.5, 0.6) is 0 Å². The molecule has 0 aliphatic heterocycles. The van der Waals surface area contributed by atoms with Gasteiger partial charge in [-0.1, -0.05) is 19.1 Å². The zero-order valence-electron chi connectivity index (χ0n) is 13.9. The van der Waals surface area contributed by atoms with Gasteiger partial charge in [-0.05, 0) is 26.0 Å². The number of rotatable bonds is 9. The van der Waals surface area contributed by atoms with E-state index >= 15 is 0 Å². The Morgan fingerprint density at radius 3 is 2.83 bits per heavy atom. The topological polar surface area (TPSA) is 60.5 Å². The molecule has 0 bridgehead atoms. The van der Waals surface area contributed by atoms with Crippen LogP contribution < -0.4 is 5.32 Å². The van der Waals surface area contributed by atoms with Crippen molar-refractivity contribution in [2.45, 2.75) is 32.8 Å². The van der Waals surface area contributed by atoms with E-state index in [0.717, 1.165) is 10.5 Å². The third kappa shape index (κ3) is 5.27. The van der Waals surface area contributed by atoms with Crippen molar-refractivity contribution in [3.05, 3.63) is 29.3 Å². The fraction of sp³-hybridized carbons (Fsp3) is 0.529. The van der Waals surface area contributed by atoms with Crippen LogP contribution in [0.15, 0.2) is 24.3 Å². The van der Waals surface area contributed by atoms with Crippen LogP contribution in [0.2, 0.25) is 0 Å². The molecular formula is C17H24N2O3S. The number of ether oxygens (including phenoxy) is 2. The zero-order valence-corrected chi connectivity index (χ0v) is 14.7. The molecule has 1 amide bonds. The van der Waals surface area contributed by atoms with E-state index in [-0.39, 0.29) is 11.8 Å². The monoisotopic (exact) mass is 336 g/mol. The SMILES string of the molecule is CCOCCOC(C)C(=O)NCC(C)c1nc2ccccc2s1. The van der Waals surface area contributed by atoms with Crippen LogP contribution in [0.3, 0.4) is 0 Å². The molecule has 0 aliphatic rings. The fourth-order valence-corrected chi connectivity index (χ4v) is 3.11. The third-order valence-electron chi connectivity index (χ3n) is 3.48. The molecule has 0 spiro atoms. The molecule has 2 rings (SSSR count). The quantitative estimate of drug-likeness (QED) is 0.715. The molecule has 0 radical (unpaired) electrons. The molecule has 1 heterocycles. The summed E-state index contributed by atoms with van der Waals surface area (Å²) < 4.78 is 11.8. The predicted octanol–water partition coefficient (Wildman–Crippen LogP) is 2.96. The Morgan fingerprint density at radius 1 is 1.30 bits per heavy atom. The van der Waals surface area contributed by atoms with E-state index < -0.39 is 6.10 Å². The molecule has 126 valence electrons. The van der Waals surface area contributed by atoms with E-state index in [1.165, 1.54) is 4.70 Å². The summed E-state index contributed by atoms with van der Waals surface area (Å²) in [5.74, 6) is 0.0708. The van der Waals surface area contributed by atoms with Crippen LogP contribution in [0.1, 0.15) is 31.7 Å². The first-order valence-corrected chi connectivity index (χ1v) is 8.76. The lowest BCUT2D eigenvalue weighted by Gasteiger charge is -2.15. The normalized spacial score (nSPS) is 13.9. The first-order valence-electron chi connectivity index (χ1n) is 7.94. The van der Waals surface area contributed by atoms with E-state index in [1.54, 1.807) is 18.3 Å². The van der Waals surface area contributed by atoms with E-state index in [2.05, 4.69) is 23.3 Å². The van der Waals surface area contributed by atoms with Crippen molar-refractivity contribution >= 4 is 27.5 Å². The lowest BCUT2D eigenvalue weighted by atomic mass is 10.2. The van der Waals surface area contributed by atoms with Gasteiger partial charge in [0.25, 0.3) is 0 Å². The molecule has 2 unspecified atom stereocenters. The Kier molecular flexibility index (Phi) is 6.95. The van der Waals surface area contributed by atoms with Crippen molar-refractivity contribution in [3.8, 4) is 0 Å². The first-order chi connectivity index (χ1) is 11.1. The smallest absolute Gasteiger partial charge is 0.248 e. The maximum Gasteiger partial charge on any atom is 0.248 e. The van der Waals surface area contributed by atoms with Gasteiger partial charge in [-0.15, -0.1) is 11.3 Å². The van der Waals surface area contributed by atoms with Crippen LogP contribution >= 0.6 is 11.3 Å². The van der Waals surface area contributed by atoms with E-state index in [1.807, 2.05) is 25.1 Å². The number of carbonyl (C=O) groups is 1. The number of fused-ring (bicyclic) bond motifs is 1. The van der Waals surface area contributed by atoms with Gasteiger partial charge >= 0.3 is 0 Å². The number of nitrogens with zero attached hydrogens (tertiary/aromatic N) is 1. The molecule has 1 aromatic heterocycles. The first kappa shape index (κ1) is 17.8. The minimum absolute atomic E-state index is 0.102. The number of amides is 1. The van der Waals surface area contributed by atoms with E-state index in [0.29, 0.717) is 26.4 Å². The Balaban J connectivity index is 1.78. The molecule has 2 aromatic rings. The minimum atomic E-state index is -0.474. The van der Waals surface area contributed by atoms with Gasteiger partial charge in [0.1, 0.15) is 6.10 Å². The molecule has 6 heteroatoms. The third-order valence-corrected chi connectivity index (χ3v) is 4.75. The van der Waals surface area contributed by atoms with Crippen LogP contribution in [0, 0.1) is 0 Å². The van der Waals surface area contributed by atoms with Gasteiger partial charge in [-0.25, -0.2) is 4.98 Å². The summed E-state index contributed by atoms with van der Waals surface area (Å²) in [5, 5.41) is 3.97. The van der Waals surface area contributed by atoms with Crippen molar-refractivity contribution in [2.75, 3.05) is 26.4 Å². The zero-order chi connectivity index (χ0) is 16.7. The van der Waals surface area contributed by atoms with Crippen molar-refractivity contribution < 1.29 is 14.3 Å². The second-order valence-electron chi connectivity index (χ2n) is 5.38. The molecule has 1 N–H and O–H groups in total. The molecule has 2 atom stereocenters. The van der Waals surface area contributed by atoms with E-state index in [9.17, 15) is 4.79 Å². The lowest BCUT2D eigenvalue weighted by Crippen LogP contribution is -2.37. The number of benzene rings is 1. The Hall–Kier alpha value is -1.50. The van der Waals surface area contributed by atoms with Crippen molar-refractivity contribution in [3.63, 3.8) is 0 Å². The summed E-state index contributed by atoms with van der Waals surface area (Å²) in [6.45, 7) is 7.90. The van der Waals surface area contributed by atoms with Crippen LogP contribution in [0.4, 0.5) is 0 Å². The average Bonchev–Trinajstić information content (AvgIpc) is 3.00. The number of hydrogen-bond donors (Lipinski definition) is 1. The highest BCUT2D eigenvalue weighted by atomic mass is 32.1. The number of hydrogen-bond acceptors (Lipinski definition) is 5. The van der Waals surface area contributed by atoms with Gasteiger partial charge in [-0.2, -0.15) is 0 Å². The average molecular weight is 336 g/mol. The number of para-hydroxylation sites is 1. The molecule has 0 fully saturated rings. The van der Waals surface area contributed by atoms with Crippen molar-refractivity contribution in [1.29, 1.82) is 0 Å². The summed E-state index contributed by atoms with van der Waals surface area (Å²) in [6, 6.07) is 8.07. The second-order valence-corrected chi connectivity index (χ2v) is 6.44. The lowest BCUT2D eigenvalue weighted by molar-refractivity contribution is -0.132. The van der Waals surface area contributed by atoms with Gasteiger partial charge in [0.05, 0.1) is 28.4 Å². The van der Waals surface area contributed by atoms with Gasteiger partial charge < -0.3 is 14.8 Å². The molecule has 0 saturated heterocycles. The predicted molar refractivity (Wildman–Crippen MR) is 93.0 cm³/mol. The fourth-order valence-electron chi connectivity index (χ4n) is 2.09. The van der Waals surface area contributed by atoms with Crippen LogP contribution in [0.25, 0.3) is 10.2 Å². The molecular weight excluding hydrogens is 312 g/mol. The number of nitrogens with one attached hydrogen (secondary N) is 1. The Morgan fingerprint density at radius 2 is 2.09 bits per heavy atom. The summed E-state index contributed by atoms with van der Waals surface area (Å²) in [6.07, 6.45) is -0.474. The van der Waals surface area contributed by atoms with Gasteiger partial charge in [0.15, 0.2) is 0 Å². The summed E-state index contributed by atoms with van der Waals surface area (Å²) in [4.78, 5) is 16.6. The maximum absolute atomic E-state index is 12.0. The standard InChI is InChI=1S/C17H24N2O3S/c1-4-21-9-10-22-13(3)16(20)18-11-12(2)17-19-14-7-5-6-8-15(14)23-17/h5-8,12-13H,4,9-11H2,1-3H3,(H,18,20). The summed E-state index contributed by atoms with van der Waals surface area (Å²) in [7, 11) is 0. The Bertz CT molecular complexity index is 596. The number of thiazole rings is 1. The summed E-state index contributed by atoms with van der Waals surface area (Å²) in [5.41, 5.74) is 1.01. The van der Waals surface area contributed by atoms with Crippen molar-refractivity contribution in [1.82, 2.24) is 10.3 Å². The molecule has 0 aliphatic carbocycles. The Labute approximate surface area is 141 Å². The number of carbonyl (C=O) groups excluding carboxylic acids is 1. The maximum atomic E-state index is 12.0. The second kappa shape index (κ2) is 8.96. The van der Waals surface area contributed by atoms with E-state index in [4.69, 9.17) is 9.47 Å². The highest BCUT2D eigenvalue weighted by molar-refractivity contribution is 7.18. The highest BCUT2D eigenvalue weighted by Gasteiger charge is 2.16. The molecule has 5 nitrogen and oxygen atoms in total. The number of aromatic nitrogens is 1. The van der Waals surface area contributed by atoms with Crippen LogP contribution in [-0.2, 0) is 14.3 Å². The minimum Gasteiger partial charge on any atom is -0.379 e.